The maximum absolute atomic E-state index is 12.2. The number of anilines is 1. The van der Waals surface area contributed by atoms with Gasteiger partial charge in [-0.1, -0.05) is 18.2 Å². The van der Waals surface area contributed by atoms with Gasteiger partial charge in [0.1, 0.15) is 6.07 Å². The molecule has 1 heterocycles. The molecule has 0 fully saturated rings. The van der Waals surface area contributed by atoms with Crippen molar-refractivity contribution in [3.8, 4) is 12.1 Å². The van der Waals surface area contributed by atoms with E-state index in [1.807, 2.05) is 23.1 Å². The number of amides is 1. The number of nitrogens with zero attached hydrogens (tertiary/aromatic N) is 6. The zero-order valence-corrected chi connectivity index (χ0v) is 19.1. The second kappa shape index (κ2) is 12.4. The summed E-state index contributed by atoms with van der Waals surface area (Å²) in [6.07, 6.45) is 3.11. The maximum atomic E-state index is 12.2. The topological polar surface area (TPSA) is 149 Å². The van der Waals surface area contributed by atoms with Gasteiger partial charge in [0.25, 0.3) is 11.6 Å². The first-order valence-electron chi connectivity index (χ1n) is 10.8. The van der Waals surface area contributed by atoms with Crippen molar-refractivity contribution in [1.29, 1.82) is 10.5 Å². The Morgan fingerprint density at radius 2 is 1.58 bits per heavy atom. The maximum Gasteiger partial charge on any atom is 0.286 e. The summed E-state index contributed by atoms with van der Waals surface area (Å²) in [5.41, 5.74) is 2.46. The third kappa shape index (κ3) is 6.07. The molecule has 10 nitrogen and oxygen atoms in total. The van der Waals surface area contributed by atoms with Crippen molar-refractivity contribution in [3.63, 3.8) is 0 Å². The van der Waals surface area contributed by atoms with Crippen LogP contribution in [0.25, 0.3) is 10.9 Å². The van der Waals surface area contributed by atoms with Gasteiger partial charge < -0.3 is 20.4 Å². The summed E-state index contributed by atoms with van der Waals surface area (Å²) in [4.78, 5) is 17.2. The first kappa shape index (κ1) is 25.5. The number of carbonyl (C=O) groups excluding carboxylic acids is 1. The molecule has 10 heteroatoms. The lowest BCUT2D eigenvalue weighted by atomic mass is 10.1. The summed E-state index contributed by atoms with van der Waals surface area (Å²) in [6, 6.07) is 17.9. The molecule has 0 radical (unpaired) electrons. The smallest absolute Gasteiger partial charge is 0.286 e. The molecular weight excluding hydrogens is 458 g/mol. The first-order valence-corrected chi connectivity index (χ1v) is 10.8. The van der Waals surface area contributed by atoms with E-state index in [0.29, 0.717) is 24.5 Å². The molecule has 2 aromatic rings. The first-order chi connectivity index (χ1) is 17.5. The van der Waals surface area contributed by atoms with Crippen molar-refractivity contribution in [3.05, 3.63) is 94.1 Å². The van der Waals surface area contributed by atoms with Gasteiger partial charge in [0.05, 0.1) is 54.1 Å². The van der Waals surface area contributed by atoms with Crippen LogP contribution in [0.2, 0.25) is 0 Å². The van der Waals surface area contributed by atoms with Crippen molar-refractivity contribution in [2.24, 2.45) is 10.2 Å². The number of aliphatic hydroxyl groups excluding tert-OH is 2. The molecule has 0 atom stereocenters. The monoisotopic (exact) mass is 479 g/mol. The number of carbonyl (C=O) groups is 1. The fourth-order valence-electron chi connectivity index (χ4n) is 3.37. The summed E-state index contributed by atoms with van der Waals surface area (Å²) >= 11 is 0. The summed E-state index contributed by atoms with van der Waals surface area (Å²) in [7, 11) is 0. The van der Waals surface area contributed by atoms with Gasteiger partial charge in [-0.15, -0.1) is 0 Å². The largest absolute Gasteiger partial charge is 0.395 e. The Balaban J connectivity index is 1.72. The van der Waals surface area contributed by atoms with Gasteiger partial charge in [-0.05, 0) is 48.0 Å². The number of hydrogen-bond acceptors (Lipinski definition) is 8. The van der Waals surface area contributed by atoms with E-state index < -0.39 is 5.91 Å². The van der Waals surface area contributed by atoms with Crippen molar-refractivity contribution in [2.45, 2.75) is 0 Å². The van der Waals surface area contributed by atoms with Crippen molar-refractivity contribution < 1.29 is 15.0 Å². The Hall–Kier alpha value is -5.08. The highest BCUT2D eigenvalue weighted by molar-refractivity contribution is 6.05. The molecule has 0 unspecified atom stereocenters. The van der Waals surface area contributed by atoms with Crippen LogP contribution in [0.15, 0.2) is 87.4 Å². The SMILES string of the molecule is [C-]#[N+]/C(C#N)=C1\NC(=O)C(/C=C/c2ccc(N=Nc3ccc(N(CCO)CCO)cc3)cc2)=C1C#N. The fourth-order valence-corrected chi connectivity index (χ4v) is 3.37. The van der Waals surface area contributed by atoms with Crippen molar-refractivity contribution in [2.75, 3.05) is 31.2 Å². The molecule has 2 aromatic carbocycles. The van der Waals surface area contributed by atoms with E-state index in [1.165, 1.54) is 6.08 Å². The van der Waals surface area contributed by atoms with E-state index in [1.54, 1.807) is 48.5 Å². The Kier molecular flexibility index (Phi) is 8.80. The molecule has 3 rings (SSSR count). The van der Waals surface area contributed by atoms with Crippen LogP contribution in [-0.2, 0) is 4.79 Å². The van der Waals surface area contributed by atoms with Gasteiger partial charge in [-0.3, -0.25) is 4.79 Å². The highest BCUT2D eigenvalue weighted by atomic mass is 16.3. The van der Waals surface area contributed by atoms with Crippen LogP contribution in [0.5, 0.6) is 0 Å². The number of aliphatic hydroxyl groups is 2. The molecule has 0 saturated heterocycles. The molecule has 36 heavy (non-hydrogen) atoms. The van der Waals surface area contributed by atoms with Gasteiger partial charge in [0.2, 0.25) is 0 Å². The van der Waals surface area contributed by atoms with Gasteiger partial charge in [0.15, 0.2) is 0 Å². The van der Waals surface area contributed by atoms with Gasteiger partial charge >= 0.3 is 0 Å². The summed E-state index contributed by atoms with van der Waals surface area (Å²) in [5.74, 6) is -0.554. The average Bonchev–Trinajstić information content (AvgIpc) is 3.22. The predicted octanol–water partition coefficient (Wildman–Crippen LogP) is 3.51. The third-order valence-electron chi connectivity index (χ3n) is 5.14. The Labute approximate surface area is 207 Å². The average molecular weight is 480 g/mol. The zero-order chi connectivity index (χ0) is 25.9. The molecule has 0 bridgehead atoms. The number of nitrogens with one attached hydrogen (secondary N) is 1. The number of rotatable bonds is 9. The molecule has 3 N–H and O–H groups in total. The lowest BCUT2D eigenvalue weighted by molar-refractivity contribution is -0.115. The highest BCUT2D eigenvalue weighted by Crippen LogP contribution is 2.26. The number of nitriles is 2. The molecule has 1 aliphatic rings. The minimum absolute atomic E-state index is 0.0145. The van der Waals surface area contributed by atoms with E-state index >= 15 is 0 Å². The summed E-state index contributed by atoms with van der Waals surface area (Å²) in [6.45, 7) is 7.84. The van der Waals surface area contributed by atoms with E-state index in [4.69, 9.17) is 22.0 Å². The van der Waals surface area contributed by atoms with Crippen molar-refractivity contribution in [1.82, 2.24) is 5.32 Å². The number of allylic oxidation sites excluding steroid dienone is 2. The Morgan fingerprint density at radius 3 is 2.08 bits per heavy atom. The molecule has 0 aliphatic carbocycles. The van der Waals surface area contributed by atoms with Crippen LogP contribution in [0.4, 0.5) is 17.1 Å². The quantitative estimate of drug-likeness (QED) is 0.285. The van der Waals surface area contributed by atoms with E-state index in [0.717, 1.165) is 11.3 Å². The minimum atomic E-state index is -0.554. The van der Waals surface area contributed by atoms with E-state index in [2.05, 4.69) is 20.4 Å². The van der Waals surface area contributed by atoms with Crippen LogP contribution < -0.4 is 10.2 Å². The van der Waals surface area contributed by atoms with Crippen LogP contribution in [-0.4, -0.2) is 42.4 Å². The summed E-state index contributed by atoms with van der Waals surface area (Å²) < 4.78 is 0. The molecule has 0 aromatic heterocycles. The molecular formula is C26H21N7O3. The van der Waals surface area contributed by atoms with Crippen molar-refractivity contribution >= 4 is 29.0 Å². The lowest BCUT2D eigenvalue weighted by Crippen LogP contribution is -2.29. The van der Waals surface area contributed by atoms with Crippen LogP contribution in [0.1, 0.15) is 5.56 Å². The number of hydrogen-bond donors (Lipinski definition) is 3. The van der Waals surface area contributed by atoms with Crippen LogP contribution in [0.3, 0.4) is 0 Å². The second-order valence-corrected chi connectivity index (χ2v) is 7.38. The number of azo groups is 1. The van der Waals surface area contributed by atoms with E-state index in [-0.39, 0.29) is 35.8 Å². The Morgan fingerprint density at radius 1 is 1.00 bits per heavy atom. The molecule has 1 amide bonds. The fraction of sp³-hybridized carbons (Fsp3) is 0.154. The van der Waals surface area contributed by atoms with Gasteiger partial charge in [-0.2, -0.15) is 15.5 Å². The standard InChI is InChI=1S/C26H21N7O3/c1-29-24(17-28)25-23(16-27)22(26(36)30-25)11-4-18-2-5-19(6-3-18)31-32-20-7-9-21(10-8-20)33(12-14-34)13-15-35/h2-11,34-35H,12-15H2,(H,30,36)/b11-4+,25-24-,32-31?. The van der Waals surface area contributed by atoms with E-state index in [9.17, 15) is 10.1 Å². The molecule has 1 aliphatic heterocycles. The lowest BCUT2D eigenvalue weighted by Gasteiger charge is -2.22. The molecule has 178 valence electrons. The molecule has 0 saturated carbocycles. The van der Waals surface area contributed by atoms with Gasteiger partial charge in [0, 0.05) is 18.8 Å². The Bertz CT molecular complexity index is 1350. The third-order valence-corrected chi connectivity index (χ3v) is 5.14. The second-order valence-electron chi connectivity index (χ2n) is 7.38. The number of benzene rings is 2. The predicted molar refractivity (Wildman–Crippen MR) is 133 cm³/mol. The van der Waals surface area contributed by atoms with Gasteiger partial charge in [-0.25, -0.2) is 10.1 Å². The molecule has 0 spiro atoms. The summed E-state index contributed by atoms with van der Waals surface area (Å²) in [5, 5.41) is 47.6. The minimum Gasteiger partial charge on any atom is -0.395 e. The van der Waals surface area contributed by atoms with Crippen LogP contribution in [0, 0.1) is 29.2 Å². The van der Waals surface area contributed by atoms with Crippen LogP contribution >= 0.6 is 0 Å². The highest BCUT2D eigenvalue weighted by Gasteiger charge is 2.28. The normalized spacial score (nSPS) is 14.5. The zero-order valence-electron chi connectivity index (χ0n) is 19.1.